The van der Waals surface area contributed by atoms with E-state index in [4.69, 9.17) is 0 Å². The molecule has 5 heteroatoms. The minimum atomic E-state index is 0. The van der Waals surface area contributed by atoms with E-state index in [1.165, 1.54) is 18.4 Å². The van der Waals surface area contributed by atoms with Crippen LogP contribution >= 0.6 is 12.4 Å². The summed E-state index contributed by atoms with van der Waals surface area (Å²) in [5.74, 6) is 0.800. The number of amides is 1. The molecule has 1 aromatic rings. The van der Waals surface area contributed by atoms with E-state index in [9.17, 15) is 4.79 Å². The van der Waals surface area contributed by atoms with Crippen molar-refractivity contribution in [2.75, 3.05) is 33.2 Å². The summed E-state index contributed by atoms with van der Waals surface area (Å²) < 4.78 is 0. The van der Waals surface area contributed by atoms with Gasteiger partial charge in [-0.25, -0.2) is 0 Å². The largest absolute Gasteiger partial charge is 0.351 e. The van der Waals surface area contributed by atoms with E-state index in [0.717, 1.165) is 25.2 Å². The predicted molar refractivity (Wildman–Crippen MR) is 93.4 cm³/mol. The first-order valence-electron chi connectivity index (χ1n) is 7.86. The maximum atomic E-state index is 12.0. The molecule has 1 aromatic carbocycles. The Morgan fingerprint density at radius 2 is 2.05 bits per heavy atom. The van der Waals surface area contributed by atoms with E-state index in [0.29, 0.717) is 19.0 Å². The van der Waals surface area contributed by atoms with Gasteiger partial charge in [0.05, 0.1) is 6.54 Å². The first-order chi connectivity index (χ1) is 10.2. The van der Waals surface area contributed by atoms with Crippen LogP contribution in [0.2, 0.25) is 0 Å². The molecule has 0 spiro atoms. The first-order valence-corrected chi connectivity index (χ1v) is 7.86. The van der Waals surface area contributed by atoms with E-state index in [2.05, 4.69) is 46.7 Å². The summed E-state index contributed by atoms with van der Waals surface area (Å²) in [5.41, 5.74) is 2.40. The molecule has 1 aliphatic heterocycles. The van der Waals surface area contributed by atoms with Gasteiger partial charge in [0.15, 0.2) is 0 Å². The zero-order valence-electron chi connectivity index (χ0n) is 13.6. The second kappa shape index (κ2) is 9.82. The second-order valence-electron chi connectivity index (χ2n) is 6.06. The zero-order valence-corrected chi connectivity index (χ0v) is 14.4. The van der Waals surface area contributed by atoms with Crippen molar-refractivity contribution in [1.82, 2.24) is 15.5 Å². The summed E-state index contributed by atoms with van der Waals surface area (Å²) >= 11 is 0. The highest BCUT2D eigenvalue weighted by Gasteiger charge is 2.20. The van der Waals surface area contributed by atoms with Crippen molar-refractivity contribution in [2.24, 2.45) is 5.92 Å². The lowest BCUT2D eigenvalue weighted by molar-refractivity contribution is -0.122. The van der Waals surface area contributed by atoms with Crippen LogP contribution in [0.4, 0.5) is 0 Å². The van der Waals surface area contributed by atoms with Crippen LogP contribution in [-0.2, 0) is 11.3 Å². The van der Waals surface area contributed by atoms with E-state index >= 15 is 0 Å². The van der Waals surface area contributed by atoms with Crippen LogP contribution < -0.4 is 10.6 Å². The average Bonchev–Trinajstić information content (AvgIpc) is 2.47. The number of carbonyl (C=O) groups excluding carboxylic acids is 1. The number of aryl methyl sites for hydroxylation is 1. The van der Waals surface area contributed by atoms with Gasteiger partial charge in [0, 0.05) is 13.1 Å². The molecule has 2 rings (SSSR count). The van der Waals surface area contributed by atoms with Gasteiger partial charge < -0.3 is 10.6 Å². The third-order valence-electron chi connectivity index (χ3n) is 4.07. The molecule has 0 radical (unpaired) electrons. The van der Waals surface area contributed by atoms with Crippen molar-refractivity contribution in [3.8, 4) is 0 Å². The highest BCUT2D eigenvalue weighted by Crippen LogP contribution is 2.15. The first kappa shape index (κ1) is 18.9. The maximum Gasteiger partial charge on any atom is 0.234 e. The summed E-state index contributed by atoms with van der Waals surface area (Å²) in [4.78, 5) is 14.3. The van der Waals surface area contributed by atoms with Gasteiger partial charge in [-0.1, -0.05) is 29.8 Å². The van der Waals surface area contributed by atoms with Gasteiger partial charge in [-0.05, 0) is 51.4 Å². The van der Waals surface area contributed by atoms with Crippen LogP contribution in [0.1, 0.15) is 24.0 Å². The highest BCUT2D eigenvalue weighted by molar-refractivity contribution is 5.85. The number of carbonyl (C=O) groups is 1. The van der Waals surface area contributed by atoms with Crippen LogP contribution in [0, 0.1) is 12.8 Å². The SMILES string of the molecule is CNCC1CCCN(CC(=O)NCc2ccc(C)cc2)C1.Cl. The monoisotopic (exact) mass is 325 g/mol. The molecule has 0 bridgehead atoms. The zero-order chi connectivity index (χ0) is 15.1. The summed E-state index contributed by atoms with van der Waals surface area (Å²) in [6, 6.07) is 8.29. The lowest BCUT2D eigenvalue weighted by Gasteiger charge is -2.32. The van der Waals surface area contributed by atoms with E-state index in [1.807, 2.05) is 7.05 Å². The van der Waals surface area contributed by atoms with Crippen LogP contribution in [-0.4, -0.2) is 44.0 Å². The lowest BCUT2D eigenvalue weighted by atomic mass is 9.98. The summed E-state index contributed by atoms with van der Waals surface area (Å²) in [7, 11) is 1.99. The van der Waals surface area contributed by atoms with Crippen molar-refractivity contribution in [3.63, 3.8) is 0 Å². The van der Waals surface area contributed by atoms with Gasteiger partial charge in [0.1, 0.15) is 0 Å². The molecule has 0 saturated carbocycles. The smallest absolute Gasteiger partial charge is 0.234 e. The fourth-order valence-corrected chi connectivity index (χ4v) is 2.92. The highest BCUT2D eigenvalue weighted by atomic mass is 35.5. The minimum Gasteiger partial charge on any atom is -0.351 e. The normalized spacial score (nSPS) is 18.5. The van der Waals surface area contributed by atoms with Crippen LogP contribution in [0.15, 0.2) is 24.3 Å². The van der Waals surface area contributed by atoms with Crippen LogP contribution in [0.25, 0.3) is 0 Å². The van der Waals surface area contributed by atoms with Crippen molar-refractivity contribution in [1.29, 1.82) is 0 Å². The summed E-state index contributed by atoms with van der Waals surface area (Å²) in [5, 5.41) is 6.25. The number of rotatable bonds is 6. The van der Waals surface area contributed by atoms with E-state index in [-0.39, 0.29) is 18.3 Å². The Kier molecular flexibility index (Phi) is 8.46. The fourth-order valence-electron chi connectivity index (χ4n) is 2.92. The number of nitrogens with one attached hydrogen (secondary N) is 2. The Morgan fingerprint density at radius 3 is 2.73 bits per heavy atom. The van der Waals surface area contributed by atoms with Gasteiger partial charge in [-0.3, -0.25) is 9.69 Å². The molecule has 1 amide bonds. The fraction of sp³-hybridized carbons (Fsp3) is 0.588. The molecular formula is C17H28ClN3O. The average molecular weight is 326 g/mol. The number of benzene rings is 1. The van der Waals surface area contributed by atoms with E-state index in [1.54, 1.807) is 0 Å². The number of nitrogens with zero attached hydrogens (tertiary/aromatic N) is 1. The molecule has 1 fully saturated rings. The van der Waals surface area contributed by atoms with Crippen molar-refractivity contribution in [2.45, 2.75) is 26.3 Å². The Morgan fingerprint density at radius 1 is 1.32 bits per heavy atom. The Balaban J connectivity index is 0.00000242. The Bertz CT molecular complexity index is 448. The summed E-state index contributed by atoms with van der Waals surface area (Å²) in [6.07, 6.45) is 2.46. The topological polar surface area (TPSA) is 44.4 Å². The van der Waals surface area contributed by atoms with E-state index < -0.39 is 0 Å². The van der Waals surface area contributed by atoms with Gasteiger partial charge in [-0.2, -0.15) is 0 Å². The van der Waals surface area contributed by atoms with Crippen molar-refractivity contribution in [3.05, 3.63) is 35.4 Å². The van der Waals surface area contributed by atoms with Crippen molar-refractivity contribution >= 4 is 18.3 Å². The molecule has 1 aliphatic rings. The third kappa shape index (κ3) is 6.34. The molecular weight excluding hydrogens is 298 g/mol. The molecule has 22 heavy (non-hydrogen) atoms. The third-order valence-corrected chi connectivity index (χ3v) is 4.07. The molecule has 2 N–H and O–H groups in total. The maximum absolute atomic E-state index is 12.0. The van der Waals surface area contributed by atoms with Crippen LogP contribution in [0.3, 0.4) is 0 Å². The van der Waals surface area contributed by atoms with Gasteiger partial charge in [0.2, 0.25) is 5.91 Å². The number of halogens is 1. The molecule has 1 saturated heterocycles. The molecule has 124 valence electrons. The summed E-state index contributed by atoms with van der Waals surface area (Å²) in [6.45, 7) is 6.32. The molecule has 1 atom stereocenters. The molecule has 4 nitrogen and oxygen atoms in total. The lowest BCUT2D eigenvalue weighted by Crippen LogP contribution is -2.44. The number of hydrogen-bond donors (Lipinski definition) is 2. The molecule has 0 aliphatic carbocycles. The second-order valence-corrected chi connectivity index (χ2v) is 6.06. The van der Waals surface area contributed by atoms with Crippen molar-refractivity contribution < 1.29 is 4.79 Å². The van der Waals surface area contributed by atoms with Gasteiger partial charge in [-0.15, -0.1) is 12.4 Å². The van der Waals surface area contributed by atoms with Gasteiger partial charge in [0.25, 0.3) is 0 Å². The minimum absolute atomic E-state index is 0. The standard InChI is InChI=1S/C17H27N3O.ClH/c1-14-5-7-15(8-6-14)11-19-17(21)13-20-9-3-4-16(12-20)10-18-2;/h5-8,16,18H,3-4,9-13H2,1-2H3,(H,19,21);1H. The molecule has 1 heterocycles. The van der Waals surface area contributed by atoms with Crippen LogP contribution in [0.5, 0.6) is 0 Å². The predicted octanol–water partition coefficient (Wildman–Crippen LogP) is 1.96. The number of likely N-dealkylation sites (tertiary alicyclic amines) is 1. The van der Waals surface area contributed by atoms with Gasteiger partial charge >= 0.3 is 0 Å². The Labute approximate surface area is 140 Å². The molecule has 0 aromatic heterocycles. The quantitative estimate of drug-likeness (QED) is 0.840. The molecule has 1 unspecified atom stereocenters. The number of hydrogen-bond acceptors (Lipinski definition) is 3. The Hall–Kier alpha value is -1.10. The number of piperidine rings is 1.